The number of alkyl halides is 3. The molecule has 0 saturated heterocycles. The molecule has 0 fully saturated rings. The highest BCUT2D eigenvalue weighted by atomic mass is 32.2. The molecule has 23 heavy (non-hydrogen) atoms. The predicted octanol–water partition coefficient (Wildman–Crippen LogP) is 5.55. The van der Waals surface area contributed by atoms with E-state index in [2.05, 4.69) is 17.0 Å². The summed E-state index contributed by atoms with van der Waals surface area (Å²) in [5, 5.41) is 5.72. The first-order chi connectivity index (χ1) is 11.0. The van der Waals surface area contributed by atoms with Crippen LogP contribution >= 0.6 is 11.8 Å². The van der Waals surface area contributed by atoms with Crippen molar-refractivity contribution in [3.05, 3.63) is 30.1 Å². The zero-order valence-corrected chi connectivity index (χ0v) is 13.8. The molecule has 0 radical (unpaired) electrons. The van der Waals surface area contributed by atoms with Gasteiger partial charge in [0.25, 0.3) is 0 Å². The van der Waals surface area contributed by atoms with E-state index in [1.807, 2.05) is 11.2 Å². The zero-order chi connectivity index (χ0) is 16.7. The topological polar surface area (TPSA) is 41.6 Å². The maximum absolute atomic E-state index is 12.6. The van der Waals surface area contributed by atoms with Crippen LogP contribution in [0.4, 0.5) is 13.2 Å². The average Bonchev–Trinajstić information content (AvgIpc) is 3.01. The van der Waals surface area contributed by atoms with Gasteiger partial charge in [-0.15, -0.1) is 11.8 Å². The van der Waals surface area contributed by atoms with Crippen molar-refractivity contribution in [2.45, 2.75) is 50.1 Å². The molecule has 0 bridgehead atoms. The number of hydrogen-bond donors (Lipinski definition) is 1. The largest absolute Gasteiger partial charge is 0.432 e. The Bertz CT molecular complexity index is 611. The number of pyridine rings is 1. The highest BCUT2D eigenvalue weighted by molar-refractivity contribution is 7.99. The molecule has 0 atom stereocenters. The minimum Gasteiger partial charge on any atom is -0.273 e. The molecular formula is C16H20F3N3S. The Kier molecular flexibility index (Phi) is 6.50. The number of aromatic amines is 1. The van der Waals surface area contributed by atoms with E-state index < -0.39 is 11.9 Å². The molecule has 7 heteroatoms. The van der Waals surface area contributed by atoms with Gasteiger partial charge in [0.1, 0.15) is 11.4 Å². The maximum atomic E-state index is 12.6. The number of halogens is 3. The van der Waals surface area contributed by atoms with Crippen molar-refractivity contribution in [2.75, 3.05) is 5.75 Å². The predicted molar refractivity (Wildman–Crippen MR) is 86.3 cm³/mol. The van der Waals surface area contributed by atoms with Gasteiger partial charge in [0.2, 0.25) is 0 Å². The minimum atomic E-state index is -4.42. The van der Waals surface area contributed by atoms with E-state index >= 15 is 0 Å². The summed E-state index contributed by atoms with van der Waals surface area (Å²) in [4.78, 5) is 5.11. The monoisotopic (exact) mass is 343 g/mol. The van der Waals surface area contributed by atoms with Crippen LogP contribution in [0, 0.1) is 0 Å². The summed E-state index contributed by atoms with van der Waals surface area (Å²) < 4.78 is 37.8. The quantitative estimate of drug-likeness (QED) is 0.504. The zero-order valence-electron chi connectivity index (χ0n) is 13.0. The lowest BCUT2D eigenvalue weighted by atomic mass is 10.2. The third-order valence-corrected chi connectivity index (χ3v) is 4.47. The number of H-pyrrole nitrogens is 1. The molecule has 0 unspecified atom stereocenters. The molecule has 2 rings (SSSR count). The summed E-state index contributed by atoms with van der Waals surface area (Å²) in [6.07, 6.45) is 3.30. The normalized spacial score (nSPS) is 11.8. The van der Waals surface area contributed by atoms with Crippen LogP contribution in [0.1, 0.15) is 44.7 Å². The maximum Gasteiger partial charge on any atom is 0.432 e. The van der Waals surface area contributed by atoms with Crippen LogP contribution in [0.15, 0.2) is 29.3 Å². The van der Waals surface area contributed by atoms with E-state index in [0.717, 1.165) is 23.1 Å². The first-order valence-electron chi connectivity index (χ1n) is 7.72. The molecule has 0 aromatic carbocycles. The second-order valence-corrected chi connectivity index (χ2v) is 6.47. The first-order valence-corrected chi connectivity index (χ1v) is 8.71. The number of nitrogens with one attached hydrogen (secondary N) is 1. The average molecular weight is 343 g/mol. The Hall–Kier alpha value is -1.50. The summed E-state index contributed by atoms with van der Waals surface area (Å²) in [5.41, 5.74) is -0.196. The lowest BCUT2D eigenvalue weighted by molar-refractivity contribution is -0.141. The Labute approximate surface area is 138 Å². The summed E-state index contributed by atoms with van der Waals surface area (Å²) in [6.45, 7) is 2.19. The van der Waals surface area contributed by atoms with E-state index in [1.165, 1.54) is 25.7 Å². The van der Waals surface area contributed by atoms with Gasteiger partial charge >= 0.3 is 6.18 Å². The second-order valence-electron chi connectivity index (χ2n) is 5.30. The van der Waals surface area contributed by atoms with Crippen LogP contribution in [-0.4, -0.2) is 20.9 Å². The number of unbranched alkanes of at least 4 members (excludes halogenated alkanes) is 4. The van der Waals surface area contributed by atoms with Crippen molar-refractivity contribution in [1.82, 2.24) is 15.2 Å². The van der Waals surface area contributed by atoms with E-state index in [4.69, 9.17) is 0 Å². The van der Waals surface area contributed by atoms with Gasteiger partial charge in [-0.1, -0.05) is 32.6 Å². The number of thioether (sulfide) groups is 1. The molecule has 0 aliphatic rings. The van der Waals surface area contributed by atoms with Crippen LogP contribution in [-0.2, 0) is 6.18 Å². The fraction of sp³-hybridized carbons (Fsp3) is 0.500. The Morgan fingerprint density at radius 3 is 2.57 bits per heavy atom. The van der Waals surface area contributed by atoms with Gasteiger partial charge in [-0.2, -0.15) is 18.3 Å². The van der Waals surface area contributed by atoms with Crippen LogP contribution in [0.5, 0.6) is 0 Å². The third kappa shape index (κ3) is 5.57. The molecule has 0 spiro atoms. The fourth-order valence-electron chi connectivity index (χ4n) is 2.13. The van der Waals surface area contributed by atoms with Crippen LogP contribution in [0.25, 0.3) is 11.4 Å². The molecule has 126 valence electrons. The van der Waals surface area contributed by atoms with E-state index in [9.17, 15) is 13.2 Å². The SMILES string of the molecule is CCCCCCCSc1ccnc(-c2cc(C(F)(F)F)[nH]n2)c1. The summed E-state index contributed by atoms with van der Waals surface area (Å²) in [5.74, 6) is 1.00. The van der Waals surface area contributed by atoms with Gasteiger partial charge < -0.3 is 0 Å². The Morgan fingerprint density at radius 1 is 1.09 bits per heavy atom. The first kappa shape index (κ1) is 17.8. The highest BCUT2D eigenvalue weighted by Gasteiger charge is 2.33. The van der Waals surface area contributed by atoms with Crippen molar-refractivity contribution >= 4 is 11.8 Å². The standard InChI is InChI=1S/C16H20F3N3S/c1-2-3-4-5-6-9-23-12-7-8-20-13(10-12)14-11-15(22-21-14)16(17,18)19/h7-8,10-11H,2-6,9H2,1H3,(H,21,22). The number of nitrogens with zero attached hydrogens (tertiary/aromatic N) is 2. The van der Waals surface area contributed by atoms with Crippen molar-refractivity contribution in [3.63, 3.8) is 0 Å². The van der Waals surface area contributed by atoms with E-state index in [-0.39, 0.29) is 5.69 Å². The smallest absolute Gasteiger partial charge is 0.273 e. The summed E-state index contributed by atoms with van der Waals surface area (Å²) in [6, 6.07) is 4.64. The van der Waals surface area contributed by atoms with Gasteiger partial charge in [0, 0.05) is 11.1 Å². The van der Waals surface area contributed by atoms with E-state index in [0.29, 0.717) is 5.69 Å². The Balaban J connectivity index is 1.93. The van der Waals surface area contributed by atoms with Crippen LogP contribution in [0.2, 0.25) is 0 Å². The van der Waals surface area contributed by atoms with Gasteiger partial charge in [-0.25, -0.2) is 0 Å². The van der Waals surface area contributed by atoms with Gasteiger partial charge in [-0.05, 0) is 30.4 Å². The lowest BCUT2D eigenvalue weighted by Gasteiger charge is -2.03. The summed E-state index contributed by atoms with van der Waals surface area (Å²) in [7, 11) is 0. The molecule has 3 nitrogen and oxygen atoms in total. The molecule has 0 amide bonds. The molecule has 0 aliphatic carbocycles. The second kappa shape index (κ2) is 8.38. The highest BCUT2D eigenvalue weighted by Crippen LogP contribution is 2.30. The van der Waals surface area contributed by atoms with Crippen molar-refractivity contribution in [2.24, 2.45) is 0 Å². The van der Waals surface area contributed by atoms with E-state index in [1.54, 1.807) is 24.0 Å². The summed E-state index contributed by atoms with van der Waals surface area (Å²) >= 11 is 1.70. The number of hydrogen-bond acceptors (Lipinski definition) is 3. The van der Waals surface area contributed by atoms with Crippen molar-refractivity contribution in [1.29, 1.82) is 0 Å². The van der Waals surface area contributed by atoms with Crippen molar-refractivity contribution in [3.8, 4) is 11.4 Å². The van der Waals surface area contributed by atoms with Gasteiger partial charge in [0.15, 0.2) is 0 Å². The Morgan fingerprint density at radius 2 is 1.87 bits per heavy atom. The molecule has 2 heterocycles. The van der Waals surface area contributed by atoms with Gasteiger partial charge in [0.05, 0.1) is 5.69 Å². The molecule has 2 aromatic rings. The van der Waals surface area contributed by atoms with Gasteiger partial charge in [-0.3, -0.25) is 10.1 Å². The fourth-order valence-corrected chi connectivity index (χ4v) is 3.07. The minimum absolute atomic E-state index is 0.211. The van der Waals surface area contributed by atoms with Crippen molar-refractivity contribution < 1.29 is 13.2 Å². The molecular weight excluding hydrogens is 323 g/mol. The van der Waals surface area contributed by atoms with Crippen LogP contribution < -0.4 is 0 Å². The number of rotatable bonds is 8. The third-order valence-electron chi connectivity index (χ3n) is 3.39. The molecule has 0 aliphatic heterocycles. The molecule has 2 aromatic heterocycles. The van der Waals surface area contributed by atoms with Crippen LogP contribution in [0.3, 0.4) is 0 Å². The molecule has 1 N–H and O–H groups in total. The lowest BCUT2D eigenvalue weighted by Crippen LogP contribution is -2.04. The molecule has 0 saturated carbocycles. The number of aromatic nitrogens is 3.